The highest BCUT2D eigenvalue weighted by Gasteiger charge is 2.48. The van der Waals surface area contributed by atoms with Crippen molar-refractivity contribution in [1.82, 2.24) is 10.6 Å². The first-order valence-electron chi connectivity index (χ1n) is 7.18. The molecule has 124 valence electrons. The Bertz CT molecular complexity index is 823. The summed E-state index contributed by atoms with van der Waals surface area (Å²) in [5.41, 5.74) is 0.0322. The number of amides is 3. The van der Waals surface area contributed by atoms with E-state index in [0.29, 0.717) is 16.7 Å². The Morgan fingerprint density at radius 1 is 1.00 bits per heavy atom. The second kappa shape index (κ2) is 5.68. The van der Waals surface area contributed by atoms with Crippen LogP contribution in [0, 0.1) is 11.6 Å². The molecule has 3 amide bonds. The van der Waals surface area contributed by atoms with E-state index in [-0.39, 0.29) is 0 Å². The van der Waals surface area contributed by atoms with Gasteiger partial charge in [0.25, 0.3) is 5.91 Å². The highest BCUT2D eigenvalue weighted by Crippen LogP contribution is 2.30. The highest BCUT2D eigenvalue weighted by molar-refractivity contribution is 6.07. The summed E-state index contributed by atoms with van der Waals surface area (Å²) >= 11 is 0. The van der Waals surface area contributed by atoms with Gasteiger partial charge in [-0.2, -0.15) is 0 Å². The summed E-state index contributed by atoms with van der Waals surface area (Å²) in [7, 11) is 0. The Kier molecular flexibility index (Phi) is 3.81. The highest BCUT2D eigenvalue weighted by atomic mass is 19.2. The summed E-state index contributed by atoms with van der Waals surface area (Å²) in [6.45, 7) is 1.42. The lowest BCUT2D eigenvalue weighted by molar-refractivity contribution is -0.127. The lowest BCUT2D eigenvalue weighted by Gasteiger charge is -2.27. The van der Waals surface area contributed by atoms with E-state index in [4.69, 9.17) is 0 Å². The molecule has 1 aliphatic rings. The number of carbonyl (C=O) groups is 2. The second-order valence-corrected chi connectivity index (χ2v) is 5.76. The predicted molar refractivity (Wildman–Crippen MR) is 81.8 cm³/mol. The zero-order valence-corrected chi connectivity index (χ0v) is 12.6. The monoisotopic (exact) mass is 332 g/mol. The molecule has 7 heteroatoms. The topological polar surface area (TPSA) is 78.4 Å². The molecule has 0 aromatic heterocycles. The van der Waals surface area contributed by atoms with Crippen molar-refractivity contribution < 1.29 is 23.5 Å². The normalized spacial score (nSPS) is 21.3. The molecular weight excluding hydrogens is 318 g/mol. The molecule has 2 atom stereocenters. The lowest BCUT2D eigenvalue weighted by Crippen LogP contribution is -2.49. The van der Waals surface area contributed by atoms with Crippen molar-refractivity contribution in [2.75, 3.05) is 0 Å². The van der Waals surface area contributed by atoms with Gasteiger partial charge in [0, 0.05) is 0 Å². The summed E-state index contributed by atoms with van der Waals surface area (Å²) in [5, 5.41) is 14.9. The molecule has 24 heavy (non-hydrogen) atoms. The number of benzene rings is 2. The van der Waals surface area contributed by atoms with Crippen LogP contribution in [0.25, 0.3) is 11.1 Å². The minimum atomic E-state index is -1.47. The van der Waals surface area contributed by atoms with E-state index in [0.717, 1.165) is 12.1 Å². The van der Waals surface area contributed by atoms with Crippen molar-refractivity contribution in [3.05, 3.63) is 59.7 Å². The molecule has 3 N–H and O–H groups in total. The van der Waals surface area contributed by atoms with Crippen molar-refractivity contribution in [3.63, 3.8) is 0 Å². The largest absolute Gasteiger partial charge is 0.385 e. The van der Waals surface area contributed by atoms with Crippen molar-refractivity contribution in [2.24, 2.45) is 0 Å². The van der Waals surface area contributed by atoms with Gasteiger partial charge in [-0.05, 0) is 35.7 Å². The molecule has 2 aromatic rings. The first-order chi connectivity index (χ1) is 11.3. The fourth-order valence-electron chi connectivity index (χ4n) is 2.62. The third kappa shape index (κ3) is 2.63. The smallest absolute Gasteiger partial charge is 0.322 e. The summed E-state index contributed by atoms with van der Waals surface area (Å²) < 4.78 is 26.3. The SMILES string of the molecule is CC1(C(O)c2ccc(-c3ccc(F)c(F)c3)cc2)NC(=O)NC1=O. The number of aliphatic hydroxyl groups excluding tert-OH is 1. The molecule has 2 aromatic carbocycles. The standard InChI is InChI=1S/C17H14F2N2O3/c1-17(15(23)20-16(24)21-17)14(22)10-4-2-9(3-5-10)11-6-7-12(18)13(19)8-11/h2-8,14,22H,1H3,(H2,20,21,23,24). The maximum Gasteiger partial charge on any atom is 0.322 e. The first-order valence-corrected chi connectivity index (χ1v) is 7.18. The van der Waals surface area contributed by atoms with Gasteiger partial charge >= 0.3 is 6.03 Å². The van der Waals surface area contributed by atoms with Gasteiger partial charge in [0.2, 0.25) is 0 Å². The van der Waals surface area contributed by atoms with Gasteiger partial charge in [0.1, 0.15) is 11.6 Å². The molecule has 1 aliphatic heterocycles. The Hall–Kier alpha value is -2.80. The van der Waals surface area contributed by atoms with Crippen LogP contribution in [-0.2, 0) is 4.79 Å². The Balaban J connectivity index is 1.88. The molecule has 0 aliphatic carbocycles. The molecule has 5 nitrogen and oxygen atoms in total. The van der Waals surface area contributed by atoms with E-state index in [9.17, 15) is 23.5 Å². The molecule has 2 unspecified atom stereocenters. The summed E-state index contributed by atoms with van der Waals surface area (Å²) in [6.07, 6.45) is -1.26. The van der Waals surface area contributed by atoms with Crippen LogP contribution in [0.4, 0.5) is 13.6 Å². The van der Waals surface area contributed by atoms with Crippen LogP contribution in [-0.4, -0.2) is 22.6 Å². The molecule has 0 spiro atoms. The van der Waals surface area contributed by atoms with Crippen LogP contribution < -0.4 is 10.6 Å². The van der Waals surface area contributed by atoms with Crippen LogP contribution >= 0.6 is 0 Å². The van der Waals surface area contributed by atoms with E-state index in [1.54, 1.807) is 24.3 Å². The van der Waals surface area contributed by atoms with Gasteiger partial charge in [-0.1, -0.05) is 30.3 Å². The molecule has 1 saturated heterocycles. The Labute approximate surface area is 136 Å². The number of hydrogen-bond donors (Lipinski definition) is 3. The molecular formula is C17H14F2N2O3. The van der Waals surface area contributed by atoms with Gasteiger partial charge in [-0.3, -0.25) is 10.1 Å². The Morgan fingerprint density at radius 3 is 2.17 bits per heavy atom. The van der Waals surface area contributed by atoms with Gasteiger partial charge in [-0.15, -0.1) is 0 Å². The third-order valence-corrected chi connectivity index (χ3v) is 4.10. The van der Waals surface area contributed by atoms with Crippen LogP contribution in [0.1, 0.15) is 18.6 Å². The maximum atomic E-state index is 13.3. The van der Waals surface area contributed by atoms with Gasteiger partial charge in [-0.25, -0.2) is 13.6 Å². The summed E-state index contributed by atoms with van der Waals surface area (Å²) in [5.74, 6) is -2.50. The van der Waals surface area contributed by atoms with E-state index in [1.165, 1.54) is 13.0 Å². The zero-order chi connectivity index (χ0) is 17.5. The fourth-order valence-corrected chi connectivity index (χ4v) is 2.62. The van der Waals surface area contributed by atoms with Crippen LogP contribution in [0.15, 0.2) is 42.5 Å². The number of urea groups is 1. The van der Waals surface area contributed by atoms with Crippen molar-refractivity contribution in [2.45, 2.75) is 18.6 Å². The third-order valence-electron chi connectivity index (χ3n) is 4.10. The second-order valence-electron chi connectivity index (χ2n) is 5.76. The zero-order valence-electron chi connectivity index (χ0n) is 12.6. The van der Waals surface area contributed by atoms with Crippen LogP contribution in [0.2, 0.25) is 0 Å². The molecule has 1 fully saturated rings. The van der Waals surface area contributed by atoms with Crippen LogP contribution in [0.5, 0.6) is 0 Å². The number of halogens is 2. The van der Waals surface area contributed by atoms with Crippen molar-refractivity contribution in [1.29, 1.82) is 0 Å². The minimum Gasteiger partial charge on any atom is -0.385 e. The van der Waals surface area contributed by atoms with Crippen molar-refractivity contribution in [3.8, 4) is 11.1 Å². The van der Waals surface area contributed by atoms with Crippen LogP contribution in [0.3, 0.4) is 0 Å². The number of carbonyl (C=O) groups excluding carboxylic acids is 2. The molecule has 1 heterocycles. The van der Waals surface area contributed by atoms with Gasteiger partial charge < -0.3 is 10.4 Å². The van der Waals surface area contributed by atoms with E-state index < -0.39 is 35.2 Å². The number of hydrogen-bond acceptors (Lipinski definition) is 3. The quantitative estimate of drug-likeness (QED) is 0.755. The molecule has 0 bridgehead atoms. The Morgan fingerprint density at radius 2 is 1.62 bits per heavy atom. The molecule has 3 rings (SSSR count). The van der Waals surface area contributed by atoms with Crippen molar-refractivity contribution >= 4 is 11.9 Å². The van der Waals surface area contributed by atoms with Gasteiger partial charge in [0.05, 0.1) is 0 Å². The number of rotatable bonds is 3. The predicted octanol–water partition coefficient (Wildman–Crippen LogP) is 2.26. The van der Waals surface area contributed by atoms with E-state index >= 15 is 0 Å². The average molecular weight is 332 g/mol. The average Bonchev–Trinajstić information content (AvgIpc) is 2.83. The molecule has 0 saturated carbocycles. The van der Waals surface area contributed by atoms with E-state index in [2.05, 4.69) is 10.6 Å². The number of nitrogens with one attached hydrogen (secondary N) is 2. The lowest BCUT2D eigenvalue weighted by atomic mass is 9.89. The fraction of sp³-hybridized carbons (Fsp3) is 0.176. The van der Waals surface area contributed by atoms with E-state index in [1.807, 2.05) is 0 Å². The van der Waals surface area contributed by atoms with Gasteiger partial charge in [0.15, 0.2) is 11.6 Å². The minimum absolute atomic E-state index is 0.404. The summed E-state index contributed by atoms with van der Waals surface area (Å²) in [4.78, 5) is 23.1. The first kappa shape index (κ1) is 16.1. The maximum absolute atomic E-state index is 13.3. The number of aliphatic hydroxyl groups is 1. The number of imide groups is 1. The summed E-state index contributed by atoms with van der Waals surface area (Å²) in [6, 6.07) is 9.23. The molecule has 0 radical (unpaired) electrons.